The highest BCUT2D eigenvalue weighted by Crippen LogP contribution is 2.22. The van der Waals surface area contributed by atoms with Gasteiger partial charge in [0.25, 0.3) is 0 Å². The molecule has 0 saturated heterocycles. The Bertz CT molecular complexity index is 398. The molecule has 80 valence electrons. The lowest BCUT2D eigenvalue weighted by Crippen LogP contribution is -2.04. The van der Waals surface area contributed by atoms with E-state index in [-0.39, 0.29) is 5.78 Å². The molecule has 0 saturated carbocycles. The minimum atomic E-state index is 0.265. The van der Waals surface area contributed by atoms with E-state index in [1.54, 1.807) is 11.3 Å². The van der Waals surface area contributed by atoms with E-state index in [1.165, 1.54) is 4.88 Å². The molecule has 0 fully saturated rings. The minimum absolute atomic E-state index is 0.265. The van der Waals surface area contributed by atoms with Gasteiger partial charge in [-0.1, -0.05) is 6.08 Å². The van der Waals surface area contributed by atoms with Crippen molar-refractivity contribution in [2.24, 2.45) is 0 Å². The number of hydrogen-bond donors (Lipinski definition) is 0. The monoisotopic (exact) mass is 221 g/mol. The van der Waals surface area contributed by atoms with Crippen LogP contribution in [-0.4, -0.2) is 10.8 Å². The SMILES string of the molecule is Cc1nc(CC(=O)C2=CCCC2)sc1C. The summed E-state index contributed by atoms with van der Waals surface area (Å²) in [5, 5.41) is 0.961. The second kappa shape index (κ2) is 4.27. The van der Waals surface area contributed by atoms with Gasteiger partial charge in [0, 0.05) is 4.88 Å². The topological polar surface area (TPSA) is 30.0 Å². The molecule has 0 N–H and O–H groups in total. The number of aromatic nitrogens is 1. The predicted molar refractivity (Wildman–Crippen MR) is 62.2 cm³/mol. The Morgan fingerprint density at radius 1 is 1.53 bits per heavy atom. The number of nitrogens with zero attached hydrogens (tertiary/aromatic N) is 1. The van der Waals surface area contributed by atoms with E-state index in [1.807, 2.05) is 6.92 Å². The maximum absolute atomic E-state index is 11.8. The van der Waals surface area contributed by atoms with Gasteiger partial charge in [0.2, 0.25) is 0 Å². The molecule has 0 aromatic carbocycles. The van der Waals surface area contributed by atoms with E-state index < -0.39 is 0 Å². The third kappa shape index (κ3) is 2.34. The van der Waals surface area contributed by atoms with E-state index in [2.05, 4.69) is 18.0 Å². The van der Waals surface area contributed by atoms with E-state index in [0.29, 0.717) is 6.42 Å². The molecule has 1 aromatic rings. The lowest BCUT2D eigenvalue weighted by Gasteiger charge is -1.97. The molecule has 1 aromatic heterocycles. The summed E-state index contributed by atoms with van der Waals surface area (Å²) in [5.74, 6) is 0.265. The van der Waals surface area contributed by atoms with Crippen molar-refractivity contribution in [1.29, 1.82) is 0 Å². The average Bonchev–Trinajstić information content (AvgIpc) is 2.77. The van der Waals surface area contributed by atoms with Crippen LogP contribution in [0.2, 0.25) is 0 Å². The largest absolute Gasteiger partial charge is 0.294 e. The first-order chi connectivity index (χ1) is 7.16. The van der Waals surface area contributed by atoms with E-state index in [4.69, 9.17) is 0 Å². The predicted octanol–water partition coefficient (Wildman–Crippen LogP) is 2.98. The van der Waals surface area contributed by atoms with Crippen LogP contribution in [0, 0.1) is 13.8 Å². The first-order valence-corrected chi connectivity index (χ1v) is 6.13. The van der Waals surface area contributed by atoms with E-state index in [9.17, 15) is 4.79 Å². The molecule has 2 nitrogen and oxygen atoms in total. The maximum atomic E-state index is 11.8. The molecule has 0 atom stereocenters. The lowest BCUT2D eigenvalue weighted by molar-refractivity contribution is -0.115. The molecule has 1 aliphatic rings. The van der Waals surface area contributed by atoms with Crippen LogP contribution in [0.25, 0.3) is 0 Å². The van der Waals surface area contributed by atoms with Crippen LogP contribution in [-0.2, 0) is 11.2 Å². The molecule has 0 spiro atoms. The normalized spacial score (nSPS) is 15.5. The van der Waals surface area contributed by atoms with Gasteiger partial charge in [0.1, 0.15) is 5.01 Å². The highest BCUT2D eigenvalue weighted by atomic mass is 32.1. The number of ketones is 1. The second-order valence-corrected chi connectivity index (χ2v) is 5.26. The Kier molecular flexibility index (Phi) is 3.00. The van der Waals surface area contributed by atoms with Gasteiger partial charge in [-0.3, -0.25) is 4.79 Å². The fourth-order valence-electron chi connectivity index (χ4n) is 1.79. The van der Waals surface area contributed by atoms with Gasteiger partial charge >= 0.3 is 0 Å². The van der Waals surface area contributed by atoms with Crippen LogP contribution >= 0.6 is 11.3 Å². The molecule has 0 bridgehead atoms. The standard InChI is InChI=1S/C12H15NOS/c1-8-9(2)15-12(13-8)7-11(14)10-5-3-4-6-10/h5H,3-4,6-7H2,1-2H3. The summed E-state index contributed by atoms with van der Waals surface area (Å²) in [5.41, 5.74) is 2.07. The van der Waals surface area contributed by atoms with Gasteiger partial charge in [0.15, 0.2) is 5.78 Å². The molecule has 0 unspecified atom stereocenters. The highest BCUT2D eigenvalue weighted by Gasteiger charge is 2.15. The molecule has 3 heteroatoms. The number of carbonyl (C=O) groups is 1. The molecule has 1 heterocycles. The zero-order valence-corrected chi connectivity index (χ0v) is 9.99. The number of hydrogen-bond acceptors (Lipinski definition) is 3. The summed E-state index contributed by atoms with van der Waals surface area (Å²) in [6, 6.07) is 0. The van der Waals surface area contributed by atoms with Crippen molar-refractivity contribution in [1.82, 2.24) is 4.98 Å². The van der Waals surface area contributed by atoms with Gasteiger partial charge in [-0.05, 0) is 38.7 Å². The number of thiazole rings is 1. The van der Waals surface area contributed by atoms with Crippen molar-refractivity contribution >= 4 is 17.1 Å². The number of rotatable bonds is 3. The smallest absolute Gasteiger partial charge is 0.165 e. The van der Waals surface area contributed by atoms with Crippen LogP contribution in [0.3, 0.4) is 0 Å². The van der Waals surface area contributed by atoms with Crippen LogP contribution in [0.1, 0.15) is 34.8 Å². The fraction of sp³-hybridized carbons (Fsp3) is 0.500. The first-order valence-electron chi connectivity index (χ1n) is 5.32. The Hall–Kier alpha value is -0.960. The van der Waals surface area contributed by atoms with Crippen molar-refractivity contribution in [3.8, 4) is 0 Å². The zero-order chi connectivity index (χ0) is 10.8. The van der Waals surface area contributed by atoms with Crippen molar-refractivity contribution in [2.75, 3.05) is 0 Å². The number of carbonyl (C=O) groups excluding carboxylic acids is 1. The van der Waals surface area contributed by atoms with Crippen LogP contribution in [0.15, 0.2) is 11.6 Å². The Morgan fingerprint density at radius 2 is 2.33 bits per heavy atom. The highest BCUT2D eigenvalue weighted by molar-refractivity contribution is 7.11. The summed E-state index contributed by atoms with van der Waals surface area (Å²) >= 11 is 1.64. The van der Waals surface area contributed by atoms with Gasteiger partial charge < -0.3 is 0 Å². The fourth-order valence-corrected chi connectivity index (χ4v) is 2.72. The van der Waals surface area contributed by atoms with Crippen LogP contribution in [0.4, 0.5) is 0 Å². The minimum Gasteiger partial charge on any atom is -0.294 e. The zero-order valence-electron chi connectivity index (χ0n) is 9.17. The van der Waals surface area contributed by atoms with Gasteiger partial charge in [-0.25, -0.2) is 4.98 Å². The van der Waals surface area contributed by atoms with Gasteiger partial charge in [-0.2, -0.15) is 0 Å². The van der Waals surface area contributed by atoms with Crippen molar-refractivity contribution < 1.29 is 4.79 Å². The molecule has 1 aliphatic carbocycles. The number of allylic oxidation sites excluding steroid dienone is 2. The third-order valence-electron chi connectivity index (χ3n) is 2.78. The van der Waals surface area contributed by atoms with Crippen LogP contribution < -0.4 is 0 Å². The van der Waals surface area contributed by atoms with Crippen molar-refractivity contribution in [3.63, 3.8) is 0 Å². The Balaban J connectivity index is 2.05. The van der Waals surface area contributed by atoms with Crippen molar-refractivity contribution in [3.05, 3.63) is 27.2 Å². The second-order valence-electron chi connectivity index (χ2n) is 3.97. The van der Waals surface area contributed by atoms with E-state index in [0.717, 1.165) is 35.5 Å². The maximum Gasteiger partial charge on any atom is 0.165 e. The summed E-state index contributed by atoms with van der Waals surface area (Å²) in [6.07, 6.45) is 5.73. The molecule has 15 heavy (non-hydrogen) atoms. The molecular weight excluding hydrogens is 206 g/mol. The molecule has 0 amide bonds. The molecular formula is C12H15NOS. The summed E-state index contributed by atoms with van der Waals surface area (Å²) < 4.78 is 0. The Morgan fingerprint density at radius 3 is 2.87 bits per heavy atom. The first kappa shape index (κ1) is 10.6. The third-order valence-corrected chi connectivity index (χ3v) is 3.86. The number of Topliss-reactive ketones (excluding diaryl/α,β-unsaturated/α-hetero) is 1. The quantitative estimate of drug-likeness (QED) is 0.785. The van der Waals surface area contributed by atoms with Gasteiger partial charge in [0.05, 0.1) is 12.1 Å². The van der Waals surface area contributed by atoms with Crippen LogP contribution in [0.5, 0.6) is 0 Å². The van der Waals surface area contributed by atoms with E-state index >= 15 is 0 Å². The summed E-state index contributed by atoms with van der Waals surface area (Å²) in [7, 11) is 0. The number of aryl methyl sites for hydroxylation is 2. The summed E-state index contributed by atoms with van der Waals surface area (Å²) in [6.45, 7) is 4.05. The Labute approximate surface area is 94.0 Å². The average molecular weight is 221 g/mol. The lowest BCUT2D eigenvalue weighted by atomic mass is 10.1. The van der Waals surface area contributed by atoms with Gasteiger partial charge in [-0.15, -0.1) is 11.3 Å². The van der Waals surface area contributed by atoms with Crippen molar-refractivity contribution in [2.45, 2.75) is 39.5 Å². The molecule has 2 rings (SSSR count). The molecule has 0 aliphatic heterocycles. The molecule has 0 radical (unpaired) electrons. The summed E-state index contributed by atoms with van der Waals surface area (Å²) in [4.78, 5) is 17.4.